The highest BCUT2D eigenvalue weighted by molar-refractivity contribution is 7.92. The number of nitrogens with one attached hydrogen (secondary N) is 1. The summed E-state index contributed by atoms with van der Waals surface area (Å²) in [4.78, 5) is 12.0. The second-order valence-electron chi connectivity index (χ2n) is 4.62. The third-order valence-corrected chi connectivity index (χ3v) is 4.05. The van der Waals surface area contributed by atoms with Gasteiger partial charge in [0, 0.05) is 11.1 Å². The van der Waals surface area contributed by atoms with Crippen LogP contribution in [0.4, 0.5) is 11.5 Å². The van der Waals surface area contributed by atoms with E-state index in [-0.39, 0.29) is 5.82 Å². The number of nitrogens with zero attached hydrogens (tertiary/aromatic N) is 2. The Morgan fingerprint density at radius 2 is 2.14 bits per heavy atom. The van der Waals surface area contributed by atoms with Crippen LogP contribution in [-0.4, -0.2) is 32.3 Å². The van der Waals surface area contributed by atoms with E-state index >= 15 is 0 Å². The van der Waals surface area contributed by atoms with Crippen LogP contribution in [0.3, 0.4) is 0 Å². The van der Waals surface area contributed by atoms with E-state index in [0.717, 1.165) is 10.6 Å². The van der Waals surface area contributed by atoms with Crippen molar-refractivity contribution in [3.05, 3.63) is 41.1 Å². The molecule has 1 amide bonds. The third kappa shape index (κ3) is 4.22. The predicted molar refractivity (Wildman–Crippen MR) is 83.5 cm³/mol. The van der Waals surface area contributed by atoms with Gasteiger partial charge in [-0.2, -0.15) is 0 Å². The van der Waals surface area contributed by atoms with E-state index < -0.39 is 22.5 Å². The van der Waals surface area contributed by atoms with Crippen molar-refractivity contribution in [2.75, 3.05) is 22.4 Å². The summed E-state index contributed by atoms with van der Waals surface area (Å²) in [6.07, 6.45) is 1.02. The van der Waals surface area contributed by atoms with Crippen molar-refractivity contribution < 1.29 is 17.7 Å². The lowest BCUT2D eigenvalue weighted by atomic mass is 10.3. The van der Waals surface area contributed by atoms with E-state index in [9.17, 15) is 13.2 Å². The van der Waals surface area contributed by atoms with E-state index in [1.165, 1.54) is 12.1 Å². The van der Waals surface area contributed by atoms with Crippen LogP contribution in [-0.2, 0) is 14.8 Å². The molecule has 0 saturated carbocycles. The number of carbonyl (C=O) groups excluding carboxylic acids is 1. The highest BCUT2D eigenvalue weighted by Crippen LogP contribution is 2.21. The van der Waals surface area contributed by atoms with Gasteiger partial charge in [-0.25, -0.2) is 8.42 Å². The quantitative estimate of drug-likeness (QED) is 0.896. The maximum atomic E-state index is 12.0. The van der Waals surface area contributed by atoms with Gasteiger partial charge in [0.05, 0.1) is 11.9 Å². The zero-order valence-corrected chi connectivity index (χ0v) is 13.5. The fourth-order valence-corrected chi connectivity index (χ4v) is 2.80. The van der Waals surface area contributed by atoms with Crippen LogP contribution < -0.4 is 9.62 Å². The van der Waals surface area contributed by atoms with Crippen molar-refractivity contribution >= 4 is 39.0 Å². The number of rotatable bonds is 5. The van der Waals surface area contributed by atoms with Crippen molar-refractivity contribution in [2.45, 2.75) is 6.92 Å². The predicted octanol–water partition coefficient (Wildman–Crippen LogP) is 2.04. The molecule has 0 aliphatic carbocycles. The molecule has 0 saturated heterocycles. The standard InChI is InChI=1S/C13H14ClN3O4S/c1-9-6-12(16-21-9)15-13(18)8-17(22(2,19)20)11-5-3-4-10(14)7-11/h3-7H,8H2,1-2H3,(H,15,16,18). The number of aryl methyl sites for hydroxylation is 1. The minimum absolute atomic E-state index is 0.224. The van der Waals surface area contributed by atoms with Crippen molar-refractivity contribution in [1.29, 1.82) is 0 Å². The van der Waals surface area contributed by atoms with Crippen molar-refractivity contribution in [2.24, 2.45) is 0 Å². The lowest BCUT2D eigenvalue weighted by molar-refractivity contribution is -0.114. The molecular formula is C13H14ClN3O4S. The Balaban J connectivity index is 2.19. The summed E-state index contributed by atoms with van der Waals surface area (Å²) in [5.74, 6) is 0.214. The SMILES string of the molecule is Cc1cc(NC(=O)CN(c2cccc(Cl)c2)S(C)(=O)=O)no1. The van der Waals surface area contributed by atoms with Crippen LogP contribution >= 0.6 is 11.6 Å². The molecule has 1 aromatic carbocycles. The van der Waals surface area contributed by atoms with E-state index in [1.807, 2.05) is 0 Å². The van der Waals surface area contributed by atoms with Crippen molar-refractivity contribution in [3.63, 3.8) is 0 Å². The largest absolute Gasteiger partial charge is 0.360 e. The summed E-state index contributed by atoms with van der Waals surface area (Å²) in [5, 5.41) is 6.46. The Kier molecular flexibility index (Phi) is 4.72. The fraction of sp³-hybridized carbons (Fsp3) is 0.231. The van der Waals surface area contributed by atoms with Crippen molar-refractivity contribution in [1.82, 2.24) is 5.16 Å². The molecule has 0 radical (unpaired) electrons. The van der Waals surface area contributed by atoms with Crippen LogP contribution in [0.15, 0.2) is 34.9 Å². The number of carbonyl (C=O) groups is 1. The Bertz CT molecular complexity index is 788. The van der Waals surface area contributed by atoms with Gasteiger partial charge in [-0.05, 0) is 25.1 Å². The van der Waals surface area contributed by atoms with Gasteiger partial charge in [0.15, 0.2) is 5.82 Å². The topological polar surface area (TPSA) is 92.5 Å². The number of hydrogen-bond acceptors (Lipinski definition) is 5. The molecule has 0 aliphatic rings. The molecule has 0 atom stereocenters. The Hall–Kier alpha value is -2.06. The molecule has 9 heteroatoms. The molecule has 22 heavy (non-hydrogen) atoms. The maximum Gasteiger partial charge on any atom is 0.246 e. The summed E-state index contributed by atoms with van der Waals surface area (Å²) < 4.78 is 29.6. The smallest absolute Gasteiger partial charge is 0.246 e. The number of aromatic nitrogens is 1. The molecule has 1 N–H and O–H groups in total. The number of halogens is 1. The van der Waals surface area contributed by atoms with E-state index in [4.69, 9.17) is 16.1 Å². The zero-order valence-electron chi connectivity index (χ0n) is 11.9. The molecule has 118 valence electrons. The lowest BCUT2D eigenvalue weighted by Crippen LogP contribution is -2.37. The van der Waals surface area contributed by atoms with E-state index in [1.54, 1.807) is 25.1 Å². The first-order chi connectivity index (χ1) is 10.3. The van der Waals surface area contributed by atoms with Crippen LogP contribution in [0.2, 0.25) is 5.02 Å². The molecule has 0 unspecified atom stereocenters. The number of benzene rings is 1. The fourth-order valence-electron chi connectivity index (χ4n) is 1.77. The molecular weight excluding hydrogens is 330 g/mol. The van der Waals surface area contributed by atoms with E-state index in [0.29, 0.717) is 16.5 Å². The van der Waals surface area contributed by atoms with E-state index in [2.05, 4.69) is 10.5 Å². The maximum absolute atomic E-state index is 12.0. The summed E-state index contributed by atoms with van der Waals surface area (Å²) >= 11 is 5.86. The second-order valence-corrected chi connectivity index (χ2v) is 6.96. The van der Waals surface area contributed by atoms with Gasteiger partial charge in [0.1, 0.15) is 12.3 Å². The highest BCUT2D eigenvalue weighted by atomic mass is 35.5. The first kappa shape index (κ1) is 16.3. The molecule has 2 rings (SSSR count). The number of hydrogen-bond donors (Lipinski definition) is 1. The average Bonchev–Trinajstić information content (AvgIpc) is 2.80. The minimum Gasteiger partial charge on any atom is -0.360 e. The first-order valence-electron chi connectivity index (χ1n) is 6.22. The highest BCUT2D eigenvalue weighted by Gasteiger charge is 2.21. The van der Waals surface area contributed by atoms with Crippen LogP contribution in [0.5, 0.6) is 0 Å². The summed E-state index contributed by atoms with van der Waals surface area (Å²) in [5.41, 5.74) is 0.307. The van der Waals surface area contributed by atoms with Gasteiger partial charge >= 0.3 is 0 Å². The van der Waals surface area contributed by atoms with Crippen molar-refractivity contribution in [3.8, 4) is 0 Å². The van der Waals surface area contributed by atoms with Gasteiger partial charge in [-0.3, -0.25) is 9.10 Å². The summed E-state index contributed by atoms with van der Waals surface area (Å²) in [7, 11) is -3.65. The number of anilines is 2. The van der Waals surface area contributed by atoms with Gasteiger partial charge < -0.3 is 9.84 Å². The minimum atomic E-state index is -3.65. The van der Waals surface area contributed by atoms with Gasteiger partial charge in [0.2, 0.25) is 15.9 Å². The molecule has 0 spiro atoms. The average molecular weight is 344 g/mol. The third-order valence-electron chi connectivity index (χ3n) is 2.68. The molecule has 0 aliphatic heterocycles. The normalized spacial score (nSPS) is 11.2. The monoisotopic (exact) mass is 343 g/mol. The van der Waals surface area contributed by atoms with Gasteiger partial charge in [0.25, 0.3) is 0 Å². The Morgan fingerprint density at radius 3 is 2.68 bits per heavy atom. The molecule has 1 aromatic heterocycles. The molecule has 2 aromatic rings. The Morgan fingerprint density at radius 1 is 1.41 bits per heavy atom. The van der Waals surface area contributed by atoms with Crippen LogP contribution in [0.25, 0.3) is 0 Å². The zero-order chi connectivity index (χ0) is 16.3. The first-order valence-corrected chi connectivity index (χ1v) is 8.45. The molecule has 1 heterocycles. The lowest BCUT2D eigenvalue weighted by Gasteiger charge is -2.21. The molecule has 7 nitrogen and oxygen atoms in total. The second kappa shape index (κ2) is 6.37. The number of sulfonamides is 1. The Labute approximate surface area is 132 Å². The molecule has 0 bridgehead atoms. The summed E-state index contributed by atoms with van der Waals surface area (Å²) in [6, 6.07) is 7.77. The van der Waals surface area contributed by atoms with Gasteiger partial charge in [-0.15, -0.1) is 0 Å². The number of amides is 1. The summed E-state index contributed by atoms with van der Waals surface area (Å²) in [6.45, 7) is 1.28. The molecule has 0 fully saturated rings. The van der Waals surface area contributed by atoms with Gasteiger partial charge in [-0.1, -0.05) is 22.8 Å². The van der Waals surface area contributed by atoms with Crippen LogP contribution in [0, 0.1) is 6.92 Å². The van der Waals surface area contributed by atoms with Crippen LogP contribution in [0.1, 0.15) is 5.76 Å².